The fourth-order valence-electron chi connectivity index (χ4n) is 3.45. The molecule has 2 heteroatoms. The Kier molecular flexibility index (Phi) is 5.03. The highest BCUT2D eigenvalue weighted by atomic mass is 16.3. The average molecular weight is 346 g/mol. The van der Waals surface area contributed by atoms with Crippen LogP contribution in [0, 0.1) is 20.8 Å². The molecule has 3 rings (SSSR count). The molecule has 134 valence electrons. The van der Waals surface area contributed by atoms with Crippen LogP contribution >= 0.6 is 0 Å². The molecular weight excluding hydrogens is 320 g/mol. The Morgan fingerprint density at radius 3 is 2.00 bits per heavy atom. The van der Waals surface area contributed by atoms with E-state index in [0.29, 0.717) is 11.5 Å². The van der Waals surface area contributed by atoms with E-state index in [-0.39, 0.29) is 5.92 Å². The van der Waals surface area contributed by atoms with E-state index in [1.165, 1.54) is 27.8 Å². The number of phenolic OH excluding ortho intramolecular Hbond substituents is 2. The van der Waals surface area contributed by atoms with Crippen LogP contribution in [0.3, 0.4) is 0 Å². The predicted molar refractivity (Wildman–Crippen MR) is 107 cm³/mol. The minimum atomic E-state index is 0.259. The number of hydrogen-bond acceptors (Lipinski definition) is 2. The average Bonchev–Trinajstić information content (AvgIpc) is 2.59. The van der Waals surface area contributed by atoms with Crippen LogP contribution in [0.4, 0.5) is 0 Å². The maximum atomic E-state index is 9.77. The smallest absolute Gasteiger partial charge is 0.118 e. The minimum absolute atomic E-state index is 0.259. The quantitative estimate of drug-likeness (QED) is 0.630. The first-order valence-corrected chi connectivity index (χ1v) is 9.02. The van der Waals surface area contributed by atoms with E-state index < -0.39 is 0 Å². The molecule has 0 aromatic heterocycles. The van der Waals surface area contributed by atoms with Crippen molar-refractivity contribution < 1.29 is 10.2 Å². The van der Waals surface area contributed by atoms with Crippen molar-refractivity contribution in [2.24, 2.45) is 0 Å². The van der Waals surface area contributed by atoms with Gasteiger partial charge >= 0.3 is 0 Å². The SMILES string of the molecule is Cc1cc(Cc2ccc(O)c(C)c2)cc(C(C)c2ccc(O)c(C)c2)c1. The van der Waals surface area contributed by atoms with Gasteiger partial charge in [-0.15, -0.1) is 0 Å². The zero-order valence-corrected chi connectivity index (χ0v) is 15.9. The largest absolute Gasteiger partial charge is 0.508 e. The second kappa shape index (κ2) is 7.25. The van der Waals surface area contributed by atoms with Crippen molar-refractivity contribution in [2.45, 2.75) is 40.0 Å². The fraction of sp³-hybridized carbons (Fsp3) is 0.250. The summed E-state index contributed by atoms with van der Waals surface area (Å²) in [4.78, 5) is 0. The number of benzene rings is 3. The standard InChI is InChI=1S/C24H26O2/c1-15-9-20(13-19-5-7-23(25)16(2)11-19)14-22(10-15)18(4)21-6-8-24(26)17(3)12-21/h5-12,14,18,25-26H,13H2,1-4H3. The molecule has 2 nitrogen and oxygen atoms in total. The van der Waals surface area contributed by atoms with Crippen LogP contribution in [0.2, 0.25) is 0 Å². The number of aryl methyl sites for hydroxylation is 3. The highest BCUT2D eigenvalue weighted by Crippen LogP contribution is 2.30. The highest BCUT2D eigenvalue weighted by molar-refractivity contribution is 5.43. The summed E-state index contributed by atoms with van der Waals surface area (Å²) in [6.07, 6.45) is 0.844. The molecule has 0 heterocycles. The van der Waals surface area contributed by atoms with Gasteiger partial charge in [-0.3, -0.25) is 0 Å². The van der Waals surface area contributed by atoms with Crippen molar-refractivity contribution in [1.29, 1.82) is 0 Å². The summed E-state index contributed by atoms with van der Waals surface area (Å²) < 4.78 is 0. The zero-order valence-electron chi connectivity index (χ0n) is 15.9. The van der Waals surface area contributed by atoms with Crippen molar-refractivity contribution in [3.8, 4) is 11.5 Å². The third-order valence-corrected chi connectivity index (χ3v) is 5.05. The number of aromatic hydroxyl groups is 2. The van der Waals surface area contributed by atoms with E-state index in [4.69, 9.17) is 0 Å². The Bertz CT molecular complexity index is 941. The molecule has 0 saturated heterocycles. The first-order valence-electron chi connectivity index (χ1n) is 9.02. The first kappa shape index (κ1) is 18.1. The first-order chi connectivity index (χ1) is 12.3. The monoisotopic (exact) mass is 346 g/mol. The molecule has 1 atom stereocenters. The van der Waals surface area contributed by atoms with Gasteiger partial charge in [0.05, 0.1) is 0 Å². The summed E-state index contributed by atoms with van der Waals surface area (Å²) in [6.45, 7) is 8.19. The molecule has 2 N–H and O–H groups in total. The van der Waals surface area contributed by atoms with Gasteiger partial charge in [-0.1, -0.05) is 55.0 Å². The van der Waals surface area contributed by atoms with Gasteiger partial charge in [0.1, 0.15) is 11.5 Å². The van der Waals surface area contributed by atoms with E-state index in [1.54, 1.807) is 12.1 Å². The molecule has 26 heavy (non-hydrogen) atoms. The number of hydrogen-bond donors (Lipinski definition) is 2. The van der Waals surface area contributed by atoms with Gasteiger partial charge in [0.2, 0.25) is 0 Å². The van der Waals surface area contributed by atoms with Gasteiger partial charge < -0.3 is 10.2 Å². The molecule has 0 bridgehead atoms. The van der Waals surface area contributed by atoms with Gasteiger partial charge in [0, 0.05) is 5.92 Å². The predicted octanol–water partition coefficient (Wildman–Crippen LogP) is 5.77. The summed E-state index contributed by atoms with van der Waals surface area (Å²) >= 11 is 0. The third kappa shape index (κ3) is 3.91. The van der Waals surface area contributed by atoms with Crippen LogP contribution in [-0.4, -0.2) is 10.2 Å². The lowest BCUT2D eigenvalue weighted by molar-refractivity contribution is 0.470. The molecule has 0 amide bonds. The van der Waals surface area contributed by atoms with Crippen LogP contribution in [-0.2, 0) is 6.42 Å². The Labute approximate surface area is 155 Å². The Balaban J connectivity index is 1.91. The molecule has 0 spiro atoms. The molecule has 0 aliphatic heterocycles. The van der Waals surface area contributed by atoms with Crippen molar-refractivity contribution in [1.82, 2.24) is 0 Å². The Morgan fingerprint density at radius 1 is 0.692 bits per heavy atom. The van der Waals surface area contributed by atoms with E-state index >= 15 is 0 Å². The van der Waals surface area contributed by atoms with E-state index in [9.17, 15) is 10.2 Å². The van der Waals surface area contributed by atoms with Crippen LogP contribution in [0.15, 0.2) is 54.6 Å². The lowest BCUT2D eigenvalue weighted by Gasteiger charge is -2.16. The minimum Gasteiger partial charge on any atom is -0.508 e. The van der Waals surface area contributed by atoms with Crippen LogP contribution in [0.5, 0.6) is 11.5 Å². The third-order valence-electron chi connectivity index (χ3n) is 5.05. The Morgan fingerprint density at radius 2 is 1.35 bits per heavy atom. The van der Waals surface area contributed by atoms with Crippen molar-refractivity contribution in [3.63, 3.8) is 0 Å². The van der Waals surface area contributed by atoms with Crippen molar-refractivity contribution in [3.05, 3.63) is 93.5 Å². The van der Waals surface area contributed by atoms with E-state index in [2.05, 4.69) is 38.1 Å². The van der Waals surface area contributed by atoms with Crippen LogP contribution < -0.4 is 0 Å². The lowest BCUT2D eigenvalue weighted by atomic mass is 9.89. The topological polar surface area (TPSA) is 40.5 Å². The second-order valence-electron chi connectivity index (χ2n) is 7.32. The molecule has 0 saturated carbocycles. The van der Waals surface area contributed by atoms with Gasteiger partial charge in [0.25, 0.3) is 0 Å². The summed E-state index contributed by atoms with van der Waals surface area (Å²) in [7, 11) is 0. The summed E-state index contributed by atoms with van der Waals surface area (Å²) in [6, 6.07) is 18.4. The molecule has 0 radical (unpaired) electrons. The number of phenols is 2. The molecule has 3 aromatic carbocycles. The lowest BCUT2D eigenvalue weighted by Crippen LogP contribution is -2.00. The summed E-state index contributed by atoms with van der Waals surface area (Å²) in [5, 5.41) is 19.5. The normalized spacial score (nSPS) is 12.2. The maximum absolute atomic E-state index is 9.77. The molecule has 0 aliphatic rings. The fourth-order valence-corrected chi connectivity index (χ4v) is 3.45. The molecule has 3 aromatic rings. The van der Waals surface area contributed by atoms with Crippen LogP contribution in [0.25, 0.3) is 0 Å². The molecule has 0 aliphatic carbocycles. The van der Waals surface area contributed by atoms with Crippen molar-refractivity contribution >= 4 is 0 Å². The van der Waals surface area contributed by atoms with Crippen LogP contribution in [0.1, 0.15) is 51.8 Å². The van der Waals surface area contributed by atoms with Gasteiger partial charge in [-0.25, -0.2) is 0 Å². The number of rotatable bonds is 4. The van der Waals surface area contributed by atoms with Gasteiger partial charge in [-0.2, -0.15) is 0 Å². The zero-order chi connectivity index (χ0) is 18.8. The molecule has 0 fully saturated rings. The molecular formula is C24H26O2. The maximum Gasteiger partial charge on any atom is 0.118 e. The van der Waals surface area contributed by atoms with Crippen molar-refractivity contribution in [2.75, 3.05) is 0 Å². The molecule has 1 unspecified atom stereocenters. The van der Waals surface area contributed by atoms with Gasteiger partial charge in [0.15, 0.2) is 0 Å². The van der Waals surface area contributed by atoms with E-state index in [1.807, 2.05) is 32.0 Å². The highest BCUT2D eigenvalue weighted by Gasteiger charge is 2.12. The summed E-state index contributed by atoms with van der Waals surface area (Å²) in [5.74, 6) is 0.943. The second-order valence-corrected chi connectivity index (χ2v) is 7.32. The van der Waals surface area contributed by atoms with Gasteiger partial charge in [-0.05, 0) is 72.7 Å². The Hall–Kier alpha value is -2.74. The summed E-state index contributed by atoms with van der Waals surface area (Å²) in [5.41, 5.74) is 8.01. The van der Waals surface area contributed by atoms with E-state index in [0.717, 1.165) is 17.5 Å².